The van der Waals surface area contributed by atoms with E-state index in [1.165, 1.54) is 0 Å². The minimum atomic E-state index is -5.86. The standard InChI is InChI=1S/C10H15F5N2O/c1-17(7-4-2-6(16)3-5-7)8(18)9(11,12)10(13,14)15/h6-7H,2-5,16H2,1H3. The third kappa shape index (κ3) is 2.90. The Labute approximate surface area is 101 Å². The van der Waals surface area contributed by atoms with E-state index in [4.69, 9.17) is 5.73 Å². The number of carbonyl (C=O) groups is 1. The van der Waals surface area contributed by atoms with Crippen molar-refractivity contribution in [3.63, 3.8) is 0 Å². The Bertz CT molecular complexity index is 310. The molecule has 0 heterocycles. The van der Waals surface area contributed by atoms with E-state index in [0.717, 1.165) is 7.05 Å². The van der Waals surface area contributed by atoms with Crippen molar-refractivity contribution in [1.29, 1.82) is 0 Å². The number of halogens is 5. The van der Waals surface area contributed by atoms with Gasteiger partial charge in [0.2, 0.25) is 0 Å². The molecule has 106 valence electrons. The number of hydrogen-bond acceptors (Lipinski definition) is 2. The minimum Gasteiger partial charge on any atom is -0.337 e. The smallest absolute Gasteiger partial charge is 0.337 e. The van der Waals surface area contributed by atoms with Gasteiger partial charge in [-0.3, -0.25) is 4.79 Å². The summed E-state index contributed by atoms with van der Waals surface area (Å²) >= 11 is 0. The molecule has 1 saturated carbocycles. The topological polar surface area (TPSA) is 46.3 Å². The molecule has 0 saturated heterocycles. The molecular weight excluding hydrogens is 259 g/mol. The van der Waals surface area contributed by atoms with Crippen molar-refractivity contribution in [3.05, 3.63) is 0 Å². The van der Waals surface area contributed by atoms with Crippen molar-refractivity contribution < 1.29 is 26.7 Å². The second-order valence-electron chi connectivity index (χ2n) is 4.56. The number of rotatable bonds is 2. The van der Waals surface area contributed by atoms with Gasteiger partial charge in [0.1, 0.15) is 0 Å². The second kappa shape index (κ2) is 4.99. The van der Waals surface area contributed by atoms with Gasteiger partial charge in [-0.15, -0.1) is 0 Å². The van der Waals surface area contributed by atoms with Gasteiger partial charge in [0, 0.05) is 19.1 Å². The fraction of sp³-hybridized carbons (Fsp3) is 0.900. The molecule has 1 aliphatic carbocycles. The Morgan fingerprint density at radius 1 is 1.11 bits per heavy atom. The second-order valence-corrected chi connectivity index (χ2v) is 4.56. The third-order valence-electron chi connectivity index (χ3n) is 3.23. The number of carbonyl (C=O) groups excluding carboxylic acids is 1. The van der Waals surface area contributed by atoms with E-state index in [9.17, 15) is 26.7 Å². The summed E-state index contributed by atoms with van der Waals surface area (Å²) in [5.41, 5.74) is 5.60. The van der Waals surface area contributed by atoms with Crippen LogP contribution in [-0.4, -0.2) is 42.0 Å². The highest BCUT2D eigenvalue weighted by atomic mass is 19.4. The van der Waals surface area contributed by atoms with Crippen molar-refractivity contribution in [3.8, 4) is 0 Å². The lowest BCUT2D eigenvalue weighted by Crippen LogP contribution is -2.54. The number of nitrogens with two attached hydrogens (primary N) is 1. The summed E-state index contributed by atoms with van der Waals surface area (Å²) in [7, 11) is 0.976. The Morgan fingerprint density at radius 2 is 1.56 bits per heavy atom. The molecule has 0 unspecified atom stereocenters. The summed E-state index contributed by atoms with van der Waals surface area (Å²) in [5, 5.41) is 0. The van der Waals surface area contributed by atoms with Crippen LogP contribution < -0.4 is 5.73 Å². The SMILES string of the molecule is CN(C(=O)C(F)(F)C(F)(F)F)C1CCC(N)CC1. The minimum absolute atomic E-state index is 0.0760. The predicted molar refractivity (Wildman–Crippen MR) is 54.0 cm³/mol. The van der Waals surface area contributed by atoms with Crippen molar-refractivity contribution in [1.82, 2.24) is 4.90 Å². The Balaban J connectivity index is 2.72. The van der Waals surface area contributed by atoms with Gasteiger partial charge in [-0.2, -0.15) is 22.0 Å². The zero-order valence-electron chi connectivity index (χ0n) is 9.81. The molecule has 0 aromatic rings. The van der Waals surface area contributed by atoms with Gasteiger partial charge in [0.15, 0.2) is 0 Å². The van der Waals surface area contributed by atoms with Gasteiger partial charge >= 0.3 is 18.0 Å². The molecule has 0 bridgehead atoms. The first kappa shape index (κ1) is 15.1. The number of amides is 1. The Hall–Kier alpha value is -0.920. The van der Waals surface area contributed by atoms with Gasteiger partial charge in [-0.25, -0.2) is 0 Å². The summed E-state index contributed by atoms with van der Waals surface area (Å²) < 4.78 is 61.9. The maximum absolute atomic E-state index is 12.9. The number of nitrogens with zero attached hydrogens (tertiary/aromatic N) is 1. The van der Waals surface area contributed by atoms with Gasteiger partial charge in [0.05, 0.1) is 0 Å². The maximum atomic E-state index is 12.9. The number of alkyl halides is 5. The summed E-state index contributed by atoms with van der Waals surface area (Å²) in [4.78, 5) is 11.7. The van der Waals surface area contributed by atoms with Gasteiger partial charge < -0.3 is 10.6 Å². The highest BCUT2D eigenvalue weighted by Gasteiger charge is 2.64. The molecule has 2 N–H and O–H groups in total. The first-order valence-electron chi connectivity index (χ1n) is 5.54. The van der Waals surface area contributed by atoms with Crippen LogP contribution in [0.1, 0.15) is 25.7 Å². The molecule has 0 atom stereocenters. The monoisotopic (exact) mass is 274 g/mol. The zero-order valence-corrected chi connectivity index (χ0v) is 9.81. The first-order valence-corrected chi connectivity index (χ1v) is 5.54. The summed E-state index contributed by atoms with van der Waals surface area (Å²) in [5.74, 6) is -7.53. The van der Waals surface area contributed by atoms with E-state index in [2.05, 4.69) is 0 Å². The van der Waals surface area contributed by atoms with Crippen LogP contribution >= 0.6 is 0 Å². The molecule has 1 aliphatic rings. The van der Waals surface area contributed by atoms with E-state index < -0.39 is 24.0 Å². The lowest BCUT2D eigenvalue weighted by atomic mass is 9.91. The Kier molecular flexibility index (Phi) is 4.19. The molecule has 0 radical (unpaired) electrons. The molecule has 0 aromatic heterocycles. The lowest BCUT2D eigenvalue weighted by molar-refractivity contribution is -0.274. The molecule has 0 spiro atoms. The van der Waals surface area contributed by atoms with Gasteiger partial charge in [0.25, 0.3) is 0 Å². The summed E-state index contributed by atoms with van der Waals surface area (Å²) in [6, 6.07) is -0.682. The maximum Gasteiger partial charge on any atom is 0.463 e. The van der Waals surface area contributed by atoms with Crippen LogP contribution in [-0.2, 0) is 4.79 Å². The normalized spacial score (nSPS) is 25.9. The van der Waals surface area contributed by atoms with Crippen LogP contribution in [0.4, 0.5) is 22.0 Å². The van der Waals surface area contributed by atoms with Crippen LogP contribution in [0.25, 0.3) is 0 Å². The van der Waals surface area contributed by atoms with E-state index in [0.29, 0.717) is 30.6 Å². The molecule has 1 rings (SSSR count). The Morgan fingerprint density at radius 3 is 1.94 bits per heavy atom. The molecule has 1 fully saturated rings. The fourth-order valence-corrected chi connectivity index (χ4v) is 2.00. The van der Waals surface area contributed by atoms with E-state index in [-0.39, 0.29) is 6.04 Å². The molecule has 8 heteroatoms. The molecule has 0 aromatic carbocycles. The summed E-state index contributed by atoms with van der Waals surface area (Å²) in [6.45, 7) is 0. The van der Waals surface area contributed by atoms with Crippen LogP contribution in [0.5, 0.6) is 0 Å². The van der Waals surface area contributed by atoms with E-state index in [1.54, 1.807) is 0 Å². The van der Waals surface area contributed by atoms with Crippen LogP contribution in [0.15, 0.2) is 0 Å². The van der Waals surface area contributed by atoms with Gasteiger partial charge in [-0.1, -0.05) is 0 Å². The van der Waals surface area contributed by atoms with E-state index in [1.807, 2.05) is 0 Å². The quantitative estimate of drug-likeness (QED) is 0.782. The molecule has 0 aliphatic heterocycles. The lowest BCUT2D eigenvalue weighted by Gasteiger charge is -2.35. The largest absolute Gasteiger partial charge is 0.463 e. The molecule has 18 heavy (non-hydrogen) atoms. The fourth-order valence-electron chi connectivity index (χ4n) is 2.00. The average Bonchev–Trinajstić information content (AvgIpc) is 2.26. The van der Waals surface area contributed by atoms with Crippen LogP contribution in [0, 0.1) is 0 Å². The molecular formula is C10H15F5N2O. The molecule has 3 nitrogen and oxygen atoms in total. The first-order chi connectivity index (χ1) is 8.07. The van der Waals surface area contributed by atoms with Crippen molar-refractivity contribution in [2.24, 2.45) is 5.73 Å². The van der Waals surface area contributed by atoms with Crippen molar-refractivity contribution in [2.45, 2.75) is 49.9 Å². The number of hydrogen-bond donors (Lipinski definition) is 1. The zero-order chi connectivity index (χ0) is 14.1. The highest BCUT2D eigenvalue weighted by Crippen LogP contribution is 2.37. The molecule has 1 amide bonds. The van der Waals surface area contributed by atoms with Crippen LogP contribution in [0.2, 0.25) is 0 Å². The average molecular weight is 274 g/mol. The van der Waals surface area contributed by atoms with E-state index >= 15 is 0 Å². The van der Waals surface area contributed by atoms with Crippen molar-refractivity contribution >= 4 is 5.91 Å². The van der Waals surface area contributed by atoms with Gasteiger partial charge in [-0.05, 0) is 25.7 Å². The predicted octanol–water partition coefficient (Wildman–Crippen LogP) is 1.91. The highest BCUT2D eigenvalue weighted by molar-refractivity contribution is 5.84. The third-order valence-corrected chi connectivity index (χ3v) is 3.23. The van der Waals surface area contributed by atoms with Crippen molar-refractivity contribution in [2.75, 3.05) is 7.05 Å². The summed E-state index contributed by atoms with van der Waals surface area (Å²) in [6.07, 6.45) is -4.14. The van der Waals surface area contributed by atoms with Crippen LogP contribution in [0.3, 0.4) is 0 Å².